The van der Waals surface area contributed by atoms with E-state index in [1.54, 1.807) is 6.07 Å². The first kappa shape index (κ1) is 13.3. The molecule has 0 bridgehead atoms. The van der Waals surface area contributed by atoms with Crippen LogP contribution in [-0.2, 0) is 6.42 Å². The van der Waals surface area contributed by atoms with Crippen LogP contribution in [0.3, 0.4) is 0 Å². The van der Waals surface area contributed by atoms with Gasteiger partial charge in [-0.25, -0.2) is 4.39 Å². The second-order valence-electron chi connectivity index (χ2n) is 4.27. The number of ketones is 1. The summed E-state index contributed by atoms with van der Waals surface area (Å²) in [5.41, 5.74) is 1.18. The van der Waals surface area contributed by atoms with Gasteiger partial charge in [0.15, 0.2) is 5.78 Å². The highest BCUT2D eigenvalue weighted by Gasteiger charge is 2.14. The molecular formula is C16H15FO2. The first-order chi connectivity index (χ1) is 9.11. The SMILES string of the molecule is CCc1ccc(Oc2cccc(F)c2C(C)=O)cc1. The Morgan fingerprint density at radius 3 is 2.42 bits per heavy atom. The Hall–Kier alpha value is -2.16. The fourth-order valence-corrected chi connectivity index (χ4v) is 1.85. The largest absolute Gasteiger partial charge is 0.457 e. The lowest BCUT2D eigenvalue weighted by atomic mass is 10.1. The molecule has 0 aliphatic heterocycles. The summed E-state index contributed by atoms with van der Waals surface area (Å²) in [6.45, 7) is 3.39. The van der Waals surface area contributed by atoms with E-state index in [-0.39, 0.29) is 17.1 Å². The van der Waals surface area contributed by atoms with Gasteiger partial charge in [0.05, 0.1) is 5.56 Å². The molecule has 0 saturated carbocycles. The summed E-state index contributed by atoms with van der Waals surface area (Å²) in [6, 6.07) is 11.9. The Balaban J connectivity index is 2.32. The van der Waals surface area contributed by atoms with E-state index < -0.39 is 5.82 Å². The molecule has 0 fully saturated rings. The molecule has 0 radical (unpaired) electrons. The molecule has 19 heavy (non-hydrogen) atoms. The number of carbonyl (C=O) groups is 1. The van der Waals surface area contributed by atoms with Crippen LogP contribution in [0.15, 0.2) is 42.5 Å². The van der Waals surface area contributed by atoms with Crippen molar-refractivity contribution in [3.63, 3.8) is 0 Å². The maximum Gasteiger partial charge on any atom is 0.166 e. The molecule has 0 aromatic heterocycles. The topological polar surface area (TPSA) is 26.3 Å². The van der Waals surface area contributed by atoms with Crippen LogP contribution in [0.25, 0.3) is 0 Å². The molecule has 2 rings (SSSR count). The molecule has 0 aliphatic rings. The normalized spacial score (nSPS) is 10.3. The van der Waals surface area contributed by atoms with E-state index in [2.05, 4.69) is 6.92 Å². The van der Waals surface area contributed by atoms with Crippen LogP contribution in [0.4, 0.5) is 4.39 Å². The Morgan fingerprint density at radius 2 is 1.84 bits per heavy atom. The Morgan fingerprint density at radius 1 is 1.16 bits per heavy atom. The molecule has 98 valence electrons. The summed E-state index contributed by atoms with van der Waals surface area (Å²) in [5, 5.41) is 0. The van der Waals surface area contributed by atoms with Crippen molar-refractivity contribution >= 4 is 5.78 Å². The molecule has 0 spiro atoms. The van der Waals surface area contributed by atoms with Crippen molar-refractivity contribution in [1.29, 1.82) is 0 Å². The van der Waals surface area contributed by atoms with Crippen LogP contribution in [0.1, 0.15) is 29.8 Å². The molecule has 0 aliphatic carbocycles. The molecule has 0 N–H and O–H groups in total. The summed E-state index contributed by atoms with van der Waals surface area (Å²) >= 11 is 0. The van der Waals surface area contributed by atoms with E-state index in [9.17, 15) is 9.18 Å². The van der Waals surface area contributed by atoms with Crippen molar-refractivity contribution < 1.29 is 13.9 Å². The first-order valence-electron chi connectivity index (χ1n) is 6.18. The van der Waals surface area contributed by atoms with Crippen molar-refractivity contribution in [1.82, 2.24) is 0 Å². The van der Waals surface area contributed by atoms with Gasteiger partial charge in [0.1, 0.15) is 17.3 Å². The fraction of sp³-hybridized carbons (Fsp3) is 0.188. The van der Waals surface area contributed by atoms with Gasteiger partial charge >= 0.3 is 0 Å². The maximum absolute atomic E-state index is 13.6. The maximum atomic E-state index is 13.6. The highest BCUT2D eigenvalue weighted by Crippen LogP contribution is 2.27. The summed E-state index contributed by atoms with van der Waals surface area (Å²) < 4.78 is 19.2. The Bertz CT molecular complexity index is 588. The number of Topliss-reactive ketones (excluding diaryl/α,β-unsaturated/α-hetero) is 1. The number of benzene rings is 2. The number of carbonyl (C=O) groups excluding carboxylic acids is 1. The van der Waals surface area contributed by atoms with Crippen LogP contribution in [0.2, 0.25) is 0 Å². The molecule has 2 nitrogen and oxygen atoms in total. The van der Waals surface area contributed by atoms with Crippen molar-refractivity contribution in [2.45, 2.75) is 20.3 Å². The molecule has 0 atom stereocenters. The van der Waals surface area contributed by atoms with Crippen LogP contribution in [-0.4, -0.2) is 5.78 Å². The summed E-state index contributed by atoms with van der Waals surface area (Å²) in [5.74, 6) is -0.0736. The van der Waals surface area contributed by atoms with Crippen molar-refractivity contribution in [3.05, 3.63) is 59.4 Å². The lowest BCUT2D eigenvalue weighted by Gasteiger charge is -2.10. The van der Waals surface area contributed by atoms with Crippen LogP contribution < -0.4 is 4.74 Å². The van der Waals surface area contributed by atoms with E-state index in [4.69, 9.17) is 4.74 Å². The predicted molar refractivity (Wildman–Crippen MR) is 72.3 cm³/mol. The van der Waals surface area contributed by atoms with Gasteiger partial charge in [-0.1, -0.05) is 25.1 Å². The number of rotatable bonds is 4. The molecule has 0 saturated heterocycles. The minimum absolute atomic E-state index is 0.0120. The monoisotopic (exact) mass is 258 g/mol. The predicted octanol–water partition coefficient (Wildman–Crippen LogP) is 4.38. The summed E-state index contributed by atoms with van der Waals surface area (Å²) in [4.78, 5) is 11.5. The third-order valence-electron chi connectivity index (χ3n) is 2.89. The van der Waals surface area contributed by atoms with Crippen LogP contribution >= 0.6 is 0 Å². The summed E-state index contributed by atoms with van der Waals surface area (Å²) in [7, 11) is 0. The number of ether oxygens (including phenoxy) is 1. The van der Waals surface area contributed by atoms with Gasteiger partial charge in [-0.15, -0.1) is 0 Å². The van der Waals surface area contributed by atoms with Crippen LogP contribution in [0.5, 0.6) is 11.5 Å². The average Bonchev–Trinajstić information content (AvgIpc) is 2.39. The number of hydrogen-bond donors (Lipinski definition) is 0. The second-order valence-corrected chi connectivity index (χ2v) is 4.27. The van der Waals surface area contributed by atoms with Gasteiger partial charge in [-0.05, 0) is 43.2 Å². The van der Waals surface area contributed by atoms with E-state index in [1.165, 1.54) is 24.6 Å². The molecular weight excluding hydrogens is 243 g/mol. The first-order valence-corrected chi connectivity index (χ1v) is 6.18. The van der Waals surface area contributed by atoms with E-state index in [0.717, 1.165) is 6.42 Å². The van der Waals surface area contributed by atoms with Gasteiger partial charge in [-0.3, -0.25) is 4.79 Å². The quantitative estimate of drug-likeness (QED) is 0.760. The molecule has 0 heterocycles. The molecule has 2 aromatic rings. The lowest BCUT2D eigenvalue weighted by Crippen LogP contribution is -2.00. The third-order valence-corrected chi connectivity index (χ3v) is 2.89. The minimum Gasteiger partial charge on any atom is -0.457 e. The van der Waals surface area contributed by atoms with Gasteiger partial charge in [0.25, 0.3) is 0 Å². The number of hydrogen-bond acceptors (Lipinski definition) is 2. The smallest absolute Gasteiger partial charge is 0.166 e. The standard InChI is InChI=1S/C16H15FO2/c1-3-12-7-9-13(10-8-12)19-15-6-4-5-14(17)16(15)11(2)18/h4-10H,3H2,1-2H3. The zero-order chi connectivity index (χ0) is 13.8. The average molecular weight is 258 g/mol. The highest BCUT2D eigenvalue weighted by molar-refractivity contribution is 5.97. The van der Waals surface area contributed by atoms with E-state index in [1.807, 2.05) is 24.3 Å². The molecule has 2 aromatic carbocycles. The van der Waals surface area contributed by atoms with Gasteiger partial charge < -0.3 is 4.74 Å². The Kier molecular flexibility index (Phi) is 3.95. The molecule has 3 heteroatoms. The van der Waals surface area contributed by atoms with Gasteiger partial charge in [0, 0.05) is 0 Å². The summed E-state index contributed by atoms with van der Waals surface area (Å²) in [6.07, 6.45) is 0.943. The minimum atomic E-state index is -0.560. The zero-order valence-corrected chi connectivity index (χ0v) is 10.9. The van der Waals surface area contributed by atoms with Gasteiger partial charge in [-0.2, -0.15) is 0 Å². The highest BCUT2D eigenvalue weighted by atomic mass is 19.1. The molecule has 0 amide bonds. The van der Waals surface area contributed by atoms with E-state index >= 15 is 0 Å². The van der Waals surface area contributed by atoms with Gasteiger partial charge in [0.2, 0.25) is 0 Å². The van der Waals surface area contributed by atoms with Crippen molar-refractivity contribution in [3.8, 4) is 11.5 Å². The third kappa shape index (κ3) is 2.99. The fourth-order valence-electron chi connectivity index (χ4n) is 1.85. The number of aryl methyl sites for hydroxylation is 1. The van der Waals surface area contributed by atoms with E-state index in [0.29, 0.717) is 5.75 Å². The molecule has 0 unspecified atom stereocenters. The Labute approximate surface area is 111 Å². The van der Waals surface area contributed by atoms with Crippen molar-refractivity contribution in [2.24, 2.45) is 0 Å². The van der Waals surface area contributed by atoms with Crippen LogP contribution in [0, 0.1) is 5.82 Å². The second kappa shape index (κ2) is 5.65. The lowest BCUT2D eigenvalue weighted by molar-refractivity contribution is 0.101. The number of halogens is 1. The van der Waals surface area contributed by atoms with Crippen molar-refractivity contribution in [2.75, 3.05) is 0 Å². The zero-order valence-electron chi connectivity index (χ0n) is 10.9.